The van der Waals surface area contributed by atoms with Crippen LogP contribution in [0.2, 0.25) is 0 Å². The third-order valence-corrected chi connectivity index (χ3v) is 9.12. The number of ether oxygens (including phenoxy) is 5. The molecule has 1 aliphatic heterocycles. The van der Waals surface area contributed by atoms with E-state index >= 15 is 0 Å². The van der Waals surface area contributed by atoms with E-state index < -0.39 is 17.7 Å². The largest absolute Gasteiger partial charge is 0.497 e. The summed E-state index contributed by atoms with van der Waals surface area (Å²) >= 11 is 0. The van der Waals surface area contributed by atoms with Gasteiger partial charge in [0.1, 0.15) is 29.5 Å². The van der Waals surface area contributed by atoms with Gasteiger partial charge in [0.05, 0.1) is 52.7 Å². The Hall–Kier alpha value is -4.66. The van der Waals surface area contributed by atoms with Gasteiger partial charge in [-0.15, -0.1) is 0 Å². The van der Waals surface area contributed by atoms with E-state index in [-0.39, 0.29) is 12.6 Å². The molecule has 1 fully saturated rings. The van der Waals surface area contributed by atoms with Crippen molar-refractivity contribution < 1.29 is 28.8 Å². The molecule has 1 aliphatic rings. The third-order valence-electron chi connectivity index (χ3n) is 9.12. The highest BCUT2D eigenvalue weighted by molar-refractivity contribution is 5.52. The van der Waals surface area contributed by atoms with Gasteiger partial charge in [-0.2, -0.15) is 0 Å². The highest BCUT2D eigenvalue weighted by Crippen LogP contribution is 2.50. The predicted molar refractivity (Wildman–Crippen MR) is 186 cm³/mol. The van der Waals surface area contributed by atoms with Crippen LogP contribution < -0.4 is 14.2 Å². The second-order valence-electron chi connectivity index (χ2n) is 11.9. The van der Waals surface area contributed by atoms with Crippen LogP contribution >= 0.6 is 0 Å². The lowest BCUT2D eigenvalue weighted by Gasteiger charge is -2.39. The molecule has 0 bridgehead atoms. The third kappa shape index (κ3) is 7.10. The molecule has 1 unspecified atom stereocenters. The molecule has 6 rings (SSSR count). The number of rotatable bonds is 16. The van der Waals surface area contributed by atoms with Gasteiger partial charge in [0.25, 0.3) is 0 Å². The van der Waals surface area contributed by atoms with Crippen molar-refractivity contribution in [3.8, 4) is 17.2 Å². The molecule has 248 valence electrons. The minimum atomic E-state index is -0.642. The zero-order chi connectivity index (χ0) is 33.3. The summed E-state index contributed by atoms with van der Waals surface area (Å²) in [6.45, 7) is 1.21. The number of aliphatic hydroxyl groups is 1. The van der Waals surface area contributed by atoms with Gasteiger partial charge < -0.3 is 28.8 Å². The summed E-state index contributed by atoms with van der Waals surface area (Å²) in [5.41, 5.74) is 4.73. The number of aliphatic hydroxyl groups excluding tert-OH is 1. The summed E-state index contributed by atoms with van der Waals surface area (Å²) in [5.74, 6) is 2.36. The van der Waals surface area contributed by atoms with Crippen molar-refractivity contribution in [2.45, 2.75) is 37.0 Å². The van der Waals surface area contributed by atoms with E-state index in [4.69, 9.17) is 23.7 Å². The number of benzene rings is 5. The van der Waals surface area contributed by atoms with Crippen molar-refractivity contribution in [1.29, 1.82) is 0 Å². The summed E-state index contributed by atoms with van der Waals surface area (Å²) in [4.78, 5) is 2.47. The molecule has 0 spiro atoms. The molecule has 0 amide bonds. The first kappa shape index (κ1) is 33.2. The highest BCUT2D eigenvalue weighted by Gasteiger charge is 2.57. The number of methoxy groups -OCH3 is 3. The van der Waals surface area contributed by atoms with E-state index in [0.29, 0.717) is 13.2 Å². The fourth-order valence-corrected chi connectivity index (χ4v) is 6.57. The highest BCUT2D eigenvalue weighted by atomic mass is 16.5. The second kappa shape index (κ2) is 15.5. The molecule has 4 atom stereocenters. The molecule has 5 aromatic carbocycles. The summed E-state index contributed by atoms with van der Waals surface area (Å²) in [7, 11) is 4.99. The van der Waals surface area contributed by atoms with Crippen molar-refractivity contribution in [3.05, 3.63) is 161 Å². The number of nitrogens with zero attached hydrogens (tertiary/aromatic N) is 1. The van der Waals surface area contributed by atoms with Crippen LogP contribution in [-0.4, -0.2) is 62.7 Å². The van der Waals surface area contributed by atoms with Crippen molar-refractivity contribution in [2.24, 2.45) is 0 Å². The van der Waals surface area contributed by atoms with Crippen molar-refractivity contribution in [2.75, 3.05) is 34.5 Å². The summed E-state index contributed by atoms with van der Waals surface area (Å²) < 4.78 is 29.5. The topological polar surface area (TPSA) is 69.4 Å². The zero-order valence-electron chi connectivity index (χ0n) is 27.7. The van der Waals surface area contributed by atoms with Gasteiger partial charge in [0.2, 0.25) is 0 Å². The van der Waals surface area contributed by atoms with Crippen molar-refractivity contribution in [3.63, 3.8) is 0 Å². The Kier molecular flexibility index (Phi) is 10.7. The Balaban J connectivity index is 1.38. The van der Waals surface area contributed by atoms with Crippen molar-refractivity contribution in [1.82, 2.24) is 4.90 Å². The molecule has 1 saturated heterocycles. The van der Waals surface area contributed by atoms with Gasteiger partial charge in [-0.05, 0) is 64.2 Å². The Morgan fingerprint density at radius 1 is 0.583 bits per heavy atom. The second-order valence-corrected chi connectivity index (χ2v) is 11.9. The lowest BCUT2D eigenvalue weighted by atomic mass is 9.76. The van der Waals surface area contributed by atoms with Crippen LogP contribution in [0.1, 0.15) is 27.8 Å². The summed E-state index contributed by atoms with van der Waals surface area (Å²) in [6.07, 6.45) is -1.03. The van der Waals surface area contributed by atoms with Crippen LogP contribution in [0.5, 0.6) is 17.2 Å². The fourth-order valence-electron chi connectivity index (χ4n) is 6.57. The first-order valence-electron chi connectivity index (χ1n) is 16.2. The van der Waals surface area contributed by atoms with Gasteiger partial charge in [0, 0.05) is 6.54 Å². The first-order valence-corrected chi connectivity index (χ1v) is 16.2. The van der Waals surface area contributed by atoms with E-state index in [0.717, 1.165) is 51.6 Å². The van der Waals surface area contributed by atoms with Gasteiger partial charge in [0.15, 0.2) is 0 Å². The minimum absolute atomic E-state index is 0.0706. The van der Waals surface area contributed by atoms with Crippen molar-refractivity contribution >= 4 is 0 Å². The first-order chi connectivity index (χ1) is 23.6. The number of hydrogen-bond donors (Lipinski definition) is 1. The van der Waals surface area contributed by atoms with Crippen LogP contribution in [0, 0.1) is 0 Å². The Morgan fingerprint density at radius 3 is 1.44 bits per heavy atom. The normalized spacial score (nSPS) is 16.9. The van der Waals surface area contributed by atoms with Gasteiger partial charge >= 0.3 is 0 Å². The molecule has 1 N–H and O–H groups in total. The molecule has 0 aliphatic carbocycles. The average molecular weight is 646 g/mol. The van der Waals surface area contributed by atoms with Gasteiger partial charge in [-0.3, -0.25) is 4.90 Å². The van der Waals surface area contributed by atoms with Gasteiger partial charge in [-0.1, -0.05) is 97.1 Å². The fraction of sp³-hybridized carbons (Fsp3) is 0.268. The van der Waals surface area contributed by atoms with Crippen LogP contribution in [0.15, 0.2) is 133 Å². The maximum atomic E-state index is 10.8. The SMILES string of the molecule is COc1ccc(CO[C@@H]([C@@H](CO)OCc2ccc(OC)cc2)[C@@H]2CN2C(c2ccccc2)(c2ccccc2)c2ccc(OC)cc2)cc1. The predicted octanol–water partition coefficient (Wildman–Crippen LogP) is 6.85. The standard InChI is InChI=1S/C41H43NO6/c1-44-35-20-14-30(15-21-35)28-47-39(27-43)40(48-29-31-16-22-36(45-2)23-17-31)38-26-42(38)41(32-10-6-4-7-11-32,33-12-8-5-9-13-33)34-18-24-37(46-3)25-19-34/h4-25,38-40,43H,26-29H2,1-3H3/t38-,39+,40+,42?/m0/s1. The molecule has 0 saturated carbocycles. The van der Waals surface area contributed by atoms with E-state index in [2.05, 4.69) is 65.6 Å². The smallest absolute Gasteiger partial charge is 0.118 e. The Morgan fingerprint density at radius 2 is 1.00 bits per heavy atom. The molecule has 5 aromatic rings. The van der Waals surface area contributed by atoms with Crippen LogP contribution in [0.25, 0.3) is 0 Å². The molecule has 7 heteroatoms. The maximum absolute atomic E-state index is 10.8. The van der Waals surface area contributed by atoms with E-state index in [1.165, 1.54) is 0 Å². The summed E-state index contributed by atoms with van der Waals surface area (Å²) in [5, 5.41) is 10.8. The zero-order valence-corrected chi connectivity index (χ0v) is 27.7. The Labute approximate surface area is 283 Å². The quantitative estimate of drug-likeness (QED) is 0.0930. The molecule has 48 heavy (non-hydrogen) atoms. The van der Waals surface area contributed by atoms with E-state index in [1.54, 1.807) is 21.3 Å². The average Bonchev–Trinajstić information content (AvgIpc) is 3.95. The van der Waals surface area contributed by atoms with Crippen LogP contribution in [0.4, 0.5) is 0 Å². The van der Waals surface area contributed by atoms with Crippen LogP contribution in [-0.2, 0) is 28.2 Å². The molecule has 0 aromatic heterocycles. The number of hydrogen-bond acceptors (Lipinski definition) is 7. The maximum Gasteiger partial charge on any atom is 0.118 e. The summed E-state index contributed by atoms with van der Waals surface area (Å²) in [6, 6.07) is 45.1. The van der Waals surface area contributed by atoms with Gasteiger partial charge in [-0.25, -0.2) is 0 Å². The monoisotopic (exact) mass is 645 g/mol. The van der Waals surface area contributed by atoms with E-state index in [9.17, 15) is 5.11 Å². The molecular weight excluding hydrogens is 602 g/mol. The van der Waals surface area contributed by atoms with E-state index in [1.807, 2.05) is 72.8 Å². The molecule has 7 nitrogen and oxygen atoms in total. The Bertz CT molecular complexity index is 1660. The minimum Gasteiger partial charge on any atom is -0.497 e. The molecule has 0 radical (unpaired) electrons. The van der Waals surface area contributed by atoms with Crippen LogP contribution in [0.3, 0.4) is 0 Å². The lowest BCUT2D eigenvalue weighted by molar-refractivity contribution is -0.109. The molecular formula is C41H43NO6. The molecule has 1 heterocycles. The lowest BCUT2D eigenvalue weighted by Crippen LogP contribution is -2.45.